The smallest absolute Gasteiger partial charge is 0.316 e. The first-order valence-corrected chi connectivity index (χ1v) is 18.0. The minimum absolute atomic E-state index is 0.0543. The van der Waals surface area contributed by atoms with Crippen LogP contribution in [0.4, 0.5) is 4.79 Å². The van der Waals surface area contributed by atoms with Gasteiger partial charge in [0.25, 0.3) is 5.91 Å². The fraction of sp³-hybridized carbons (Fsp3) is 0.645. The number of aliphatic imine (C=N–C) groups is 1. The molecule has 1 saturated heterocycles. The molecule has 0 spiro atoms. The Hall–Kier alpha value is -5.63. The molecule has 25 heteroatoms. The van der Waals surface area contributed by atoms with Crippen LogP contribution in [0.25, 0.3) is 0 Å². The van der Waals surface area contributed by atoms with E-state index >= 15 is 0 Å². The molecule has 2 rings (SSSR count). The Balaban J connectivity index is 2.56. The number of urea groups is 1. The number of aliphatic hydroxyl groups is 1. The van der Waals surface area contributed by atoms with Crippen molar-refractivity contribution in [1.29, 1.82) is 0 Å². The first-order valence-electron chi connectivity index (χ1n) is 18.0. The zero-order valence-corrected chi connectivity index (χ0v) is 30.9. The molecule has 2 heterocycles. The number of amides is 9. The van der Waals surface area contributed by atoms with Gasteiger partial charge in [0.15, 0.2) is 5.96 Å². The Bertz CT molecular complexity index is 1480. The van der Waals surface area contributed by atoms with Crippen LogP contribution in [-0.4, -0.2) is 140 Å². The van der Waals surface area contributed by atoms with Gasteiger partial charge in [0.05, 0.1) is 12.6 Å². The zero-order valence-electron chi connectivity index (χ0n) is 30.9. The first-order chi connectivity index (χ1) is 26.6. The molecule has 9 amide bonds. The molecular weight excluding hydrogens is 740 g/mol. The van der Waals surface area contributed by atoms with Crippen LogP contribution >= 0.6 is 0 Å². The van der Waals surface area contributed by atoms with Gasteiger partial charge >= 0.3 is 6.03 Å². The average Bonchev–Trinajstić information content (AvgIpc) is 3.14. The van der Waals surface area contributed by atoms with Crippen molar-refractivity contribution in [3.8, 4) is 0 Å². The predicted molar refractivity (Wildman–Crippen MR) is 200 cm³/mol. The summed E-state index contributed by atoms with van der Waals surface area (Å²) in [6.45, 7) is -1.38. The molecule has 1 fully saturated rings. The number of hydrogen-bond acceptors (Lipinski definition) is 16. The van der Waals surface area contributed by atoms with E-state index in [9.17, 15) is 43.5 Å². The molecule has 0 radical (unpaired) electrons. The van der Waals surface area contributed by atoms with Crippen molar-refractivity contribution < 1.29 is 43.5 Å². The molecule has 7 atom stereocenters. The van der Waals surface area contributed by atoms with E-state index in [4.69, 9.17) is 34.4 Å². The molecule has 2 aliphatic heterocycles. The van der Waals surface area contributed by atoms with Crippen LogP contribution in [0.1, 0.15) is 44.9 Å². The number of guanidine groups is 1. The summed E-state index contributed by atoms with van der Waals surface area (Å²) in [7, 11) is 0. The van der Waals surface area contributed by atoms with Crippen LogP contribution in [0.15, 0.2) is 16.9 Å². The Morgan fingerprint density at radius 3 is 2.07 bits per heavy atom. The highest BCUT2D eigenvalue weighted by molar-refractivity contribution is 6.02. The molecule has 0 aliphatic carbocycles. The summed E-state index contributed by atoms with van der Waals surface area (Å²) in [6, 6.07) is -9.76. The van der Waals surface area contributed by atoms with Gasteiger partial charge in [-0.25, -0.2) is 4.79 Å². The van der Waals surface area contributed by atoms with Gasteiger partial charge in [-0.3, -0.25) is 38.6 Å². The van der Waals surface area contributed by atoms with Gasteiger partial charge in [-0.1, -0.05) is 0 Å². The van der Waals surface area contributed by atoms with Crippen LogP contribution < -0.4 is 82.3 Å². The second-order valence-corrected chi connectivity index (χ2v) is 13.1. The van der Waals surface area contributed by atoms with E-state index in [1.54, 1.807) is 0 Å². The number of hydrogen-bond donors (Lipinski definition) is 16. The summed E-state index contributed by atoms with van der Waals surface area (Å²) in [5, 5.41) is 31.6. The molecule has 1 unspecified atom stereocenters. The molecule has 0 aromatic carbocycles. The number of aliphatic hydroxyl groups excluding tert-OH is 1. The summed E-state index contributed by atoms with van der Waals surface area (Å²) in [5.41, 5.74) is 33.4. The maximum absolute atomic E-state index is 13.8. The maximum atomic E-state index is 13.8. The van der Waals surface area contributed by atoms with E-state index in [1.807, 2.05) is 5.32 Å². The van der Waals surface area contributed by atoms with Gasteiger partial charge in [-0.05, 0) is 45.2 Å². The van der Waals surface area contributed by atoms with Crippen molar-refractivity contribution in [2.75, 3.05) is 39.3 Å². The summed E-state index contributed by atoms with van der Waals surface area (Å²) >= 11 is 0. The first kappa shape index (κ1) is 46.5. The third-order valence-corrected chi connectivity index (χ3v) is 8.43. The molecule has 0 aromatic rings. The fourth-order valence-corrected chi connectivity index (χ4v) is 5.42. The molecule has 2 aliphatic rings. The average molecular weight is 797 g/mol. The monoisotopic (exact) mass is 796 g/mol. The van der Waals surface area contributed by atoms with Gasteiger partial charge in [0, 0.05) is 50.8 Å². The third kappa shape index (κ3) is 16.4. The van der Waals surface area contributed by atoms with E-state index in [1.165, 1.54) is 0 Å². The second-order valence-electron chi connectivity index (χ2n) is 13.1. The molecule has 22 N–H and O–H groups in total. The molecular formula is C31H56N16O9. The van der Waals surface area contributed by atoms with E-state index in [0.717, 1.165) is 6.20 Å². The van der Waals surface area contributed by atoms with Crippen LogP contribution in [0, 0.1) is 0 Å². The number of nitrogens with zero attached hydrogens (tertiary/aromatic N) is 1. The summed E-state index contributed by atoms with van der Waals surface area (Å²) in [6.07, 6.45) is 2.38. The molecule has 314 valence electrons. The lowest BCUT2D eigenvalue weighted by Gasteiger charge is -2.31. The third-order valence-electron chi connectivity index (χ3n) is 8.43. The molecule has 0 saturated carbocycles. The predicted octanol–water partition coefficient (Wildman–Crippen LogP) is -8.62. The van der Waals surface area contributed by atoms with Gasteiger partial charge in [0.1, 0.15) is 29.9 Å². The Kier molecular flexibility index (Phi) is 19.9. The summed E-state index contributed by atoms with van der Waals surface area (Å²) in [4.78, 5) is 109. The lowest BCUT2D eigenvalue weighted by Crippen LogP contribution is -2.64. The molecule has 0 bridgehead atoms. The summed E-state index contributed by atoms with van der Waals surface area (Å²) in [5.74, 6) is -6.72. The van der Waals surface area contributed by atoms with E-state index in [0.29, 0.717) is 38.8 Å². The van der Waals surface area contributed by atoms with Crippen LogP contribution in [0.2, 0.25) is 0 Å². The quantitative estimate of drug-likeness (QED) is 0.0645. The number of nitrogens with one attached hydrogen (secondary N) is 9. The van der Waals surface area contributed by atoms with E-state index in [-0.39, 0.29) is 31.8 Å². The fourth-order valence-electron chi connectivity index (χ4n) is 5.42. The second kappa shape index (κ2) is 24.0. The Morgan fingerprint density at radius 2 is 1.48 bits per heavy atom. The number of nitrogens with two attached hydrogens (primary N) is 6. The lowest BCUT2D eigenvalue weighted by molar-refractivity contribution is -0.135. The van der Waals surface area contributed by atoms with Crippen LogP contribution in [-0.2, 0) is 33.6 Å². The van der Waals surface area contributed by atoms with Gasteiger partial charge < -0.3 is 87.4 Å². The largest absolute Gasteiger partial charge is 0.394 e. The van der Waals surface area contributed by atoms with E-state index < -0.39 is 115 Å². The number of primary amides is 1. The van der Waals surface area contributed by atoms with Crippen molar-refractivity contribution in [2.24, 2.45) is 39.4 Å². The topological polar surface area (TPSA) is 434 Å². The molecule has 25 nitrogen and oxygen atoms in total. The number of carbonyl (C=O) groups is 8. The van der Waals surface area contributed by atoms with Gasteiger partial charge in [0.2, 0.25) is 35.4 Å². The highest BCUT2D eigenvalue weighted by Crippen LogP contribution is 2.08. The maximum Gasteiger partial charge on any atom is 0.316 e. The van der Waals surface area contributed by atoms with Crippen molar-refractivity contribution in [3.63, 3.8) is 0 Å². The normalized spacial score (nSPS) is 24.4. The Labute approximate surface area is 322 Å². The van der Waals surface area contributed by atoms with E-state index in [2.05, 4.69) is 47.5 Å². The standard InChI is InChI=1S/C31H56N16O9/c32-6-1-3-15(34)9-22(49)39-11-19-26(52)43-20(13-41-31(37)56)27(53)47-24(17-5-8-38-30(36)46-17)29(55)40-12-18(25(51)45-21(14-48)28(54)44-19)42-23(50)10-16(35)4-2-7-33/h13,15-19,21,24,48H,1-12,14,32-35H2,(H,39,49)(H,40,55)(H,42,50)(H,43,52)(H,44,54)(H,45,51)(H,47,53)(H3,36,38,46)(H3,37,41,56)/b20-13-/t15-,16-,17?,18-,19-,21-,24-/m0/s1. The molecule has 0 aromatic heterocycles. The van der Waals surface area contributed by atoms with Gasteiger partial charge in [-0.15, -0.1) is 0 Å². The van der Waals surface area contributed by atoms with Crippen molar-refractivity contribution >= 4 is 53.3 Å². The molecule has 56 heavy (non-hydrogen) atoms. The van der Waals surface area contributed by atoms with Crippen molar-refractivity contribution in [2.45, 2.75) is 87.2 Å². The van der Waals surface area contributed by atoms with Gasteiger partial charge in [-0.2, -0.15) is 0 Å². The van der Waals surface area contributed by atoms with Crippen molar-refractivity contribution in [3.05, 3.63) is 11.9 Å². The number of carbonyl (C=O) groups excluding carboxylic acids is 8. The minimum Gasteiger partial charge on any atom is -0.394 e. The minimum atomic E-state index is -1.75. The SMILES string of the molecule is NCCC[C@H](N)CC(=O)NC[C@@H]1NC(=O)[C@H](CO)NC(=O)[C@@H](NC(=O)C[C@@H](N)CCCN)CNC(=O)[C@H](C2CCN=C(N)N2)NC(=O)/C(=C/NC(N)=O)NC1=O. The lowest BCUT2D eigenvalue weighted by atomic mass is 10.0. The van der Waals surface area contributed by atoms with Crippen LogP contribution in [0.3, 0.4) is 0 Å². The highest BCUT2D eigenvalue weighted by atomic mass is 16.3. The van der Waals surface area contributed by atoms with Crippen LogP contribution in [0.5, 0.6) is 0 Å². The summed E-state index contributed by atoms with van der Waals surface area (Å²) < 4.78 is 0. The Morgan fingerprint density at radius 1 is 0.857 bits per heavy atom. The highest BCUT2D eigenvalue weighted by Gasteiger charge is 2.36. The zero-order chi connectivity index (χ0) is 41.8. The van der Waals surface area contributed by atoms with Crippen molar-refractivity contribution in [1.82, 2.24) is 47.9 Å². The number of rotatable bonds is 16.